The van der Waals surface area contributed by atoms with Gasteiger partial charge in [-0.3, -0.25) is 14.7 Å². The average molecular weight is 313 g/mol. The van der Waals surface area contributed by atoms with E-state index in [-0.39, 0.29) is 17.6 Å². The maximum absolute atomic E-state index is 12.9. The van der Waals surface area contributed by atoms with E-state index >= 15 is 0 Å². The molecule has 1 saturated heterocycles. The minimum Gasteiger partial charge on any atom is -0.324 e. The van der Waals surface area contributed by atoms with Crippen molar-refractivity contribution < 1.29 is 9.18 Å². The second-order valence-electron chi connectivity index (χ2n) is 5.91. The average Bonchev–Trinajstić information content (AvgIpc) is 2.58. The number of hydrogen-bond acceptors (Lipinski definition) is 3. The molecule has 5 heteroatoms. The summed E-state index contributed by atoms with van der Waals surface area (Å²) in [5.74, 6) is -0.0985. The second kappa shape index (κ2) is 7.33. The fraction of sp³-hybridized carbons (Fsp3) is 0.333. The number of hydrogen-bond donors (Lipinski definition) is 1. The Morgan fingerprint density at radius 3 is 2.61 bits per heavy atom. The van der Waals surface area contributed by atoms with Gasteiger partial charge in [-0.25, -0.2) is 4.39 Å². The minimum absolute atomic E-state index is 0.0414. The molecule has 23 heavy (non-hydrogen) atoms. The molecule has 120 valence electrons. The third-order valence-electron chi connectivity index (χ3n) is 4.21. The standard InChI is InChI=1S/C18H20FN3O/c19-16-5-3-14(4-6-16)13-22-10-7-15(8-11-22)18(23)21-17-2-1-9-20-12-17/h1-6,9,12,15H,7-8,10-11,13H2,(H,21,23). The number of aromatic nitrogens is 1. The Labute approximate surface area is 135 Å². The number of halogens is 1. The molecule has 1 aliphatic rings. The normalized spacial score (nSPS) is 16.2. The van der Waals surface area contributed by atoms with Crippen molar-refractivity contribution in [3.63, 3.8) is 0 Å². The van der Waals surface area contributed by atoms with Gasteiger partial charge >= 0.3 is 0 Å². The number of benzene rings is 1. The Balaban J connectivity index is 1.48. The minimum atomic E-state index is -0.209. The van der Waals surface area contributed by atoms with Gasteiger partial charge in [0.25, 0.3) is 0 Å². The van der Waals surface area contributed by atoms with Crippen molar-refractivity contribution in [1.29, 1.82) is 0 Å². The maximum Gasteiger partial charge on any atom is 0.227 e. The zero-order valence-corrected chi connectivity index (χ0v) is 12.9. The van der Waals surface area contributed by atoms with Crippen LogP contribution in [0.1, 0.15) is 18.4 Å². The quantitative estimate of drug-likeness (QED) is 0.943. The largest absolute Gasteiger partial charge is 0.324 e. The van der Waals surface area contributed by atoms with Gasteiger partial charge in [0.1, 0.15) is 5.82 Å². The van der Waals surface area contributed by atoms with E-state index in [1.807, 2.05) is 18.2 Å². The highest BCUT2D eigenvalue weighted by atomic mass is 19.1. The smallest absolute Gasteiger partial charge is 0.227 e. The molecule has 0 saturated carbocycles. The van der Waals surface area contributed by atoms with E-state index in [1.54, 1.807) is 18.5 Å². The van der Waals surface area contributed by atoms with E-state index in [0.717, 1.165) is 43.7 Å². The third kappa shape index (κ3) is 4.36. The van der Waals surface area contributed by atoms with Gasteiger partial charge in [-0.2, -0.15) is 0 Å². The summed E-state index contributed by atoms with van der Waals surface area (Å²) in [5.41, 5.74) is 1.84. The molecular formula is C18H20FN3O. The van der Waals surface area contributed by atoms with Crippen molar-refractivity contribution in [1.82, 2.24) is 9.88 Å². The number of amides is 1. The van der Waals surface area contributed by atoms with Crippen molar-refractivity contribution in [2.24, 2.45) is 5.92 Å². The van der Waals surface area contributed by atoms with Crippen LogP contribution in [0, 0.1) is 11.7 Å². The van der Waals surface area contributed by atoms with E-state index in [0.29, 0.717) is 0 Å². The van der Waals surface area contributed by atoms with Gasteiger partial charge in [0, 0.05) is 18.7 Å². The summed E-state index contributed by atoms with van der Waals surface area (Å²) in [6.07, 6.45) is 5.02. The van der Waals surface area contributed by atoms with Crippen LogP contribution in [0.25, 0.3) is 0 Å². The van der Waals surface area contributed by atoms with Crippen LogP contribution in [0.15, 0.2) is 48.8 Å². The molecule has 0 atom stereocenters. The molecule has 0 unspecified atom stereocenters. The number of nitrogens with zero attached hydrogens (tertiary/aromatic N) is 2. The molecule has 0 aliphatic carbocycles. The maximum atomic E-state index is 12.9. The van der Waals surface area contributed by atoms with E-state index in [9.17, 15) is 9.18 Å². The summed E-state index contributed by atoms with van der Waals surface area (Å²) < 4.78 is 12.9. The van der Waals surface area contributed by atoms with Crippen LogP contribution in [0.3, 0.4) is 0 Å². The topological polar surface area (TPSA) is 45.2 Å². The number of pyridine rings is 1. The lowest BCUT2D eigenvalue weighted by atomic mass is 9.95. The van der Waals surface area contributed by atoms with E-state index in [2.05, 4.69) is 15.2 Å². The van der Waals surface area contributed by atoms with Gasteiger partial charge in [0.15, 0.2) is 0 Å². The van der Waals surface area contributed by atoms with Crippen molar-refractivity contribution in [3.05, 3.63) is 60.2 Å². The van der Waals surface area contributed by atoms with Crippen LogP contribution in [-0.4, -0.2) is 28.9 Å². The van der Waals surface area contributed by atoms with Gasteiger partial charge in [0.2, 0.25) is 5.91 Å². The Bertz CT molecular complexity index is 637. The Morgan fingerprint density at radius 1 is 1.22 bits per heavy atom. The summed E-state index contributed by atoms with van der Waals surface area (Å²) in [6.45, 7) is 2.56. The van der Waals surface area contributed by atoms with Crippen LogP contribution in [0.2, 0.25) is 0 Å². The van der Waals surface area contributed by atoms with Gasteiger partial charge in [0.05, 0.1) is 11.9 Å². The molecule has 4 nitrogen and oxygen atoms in total. The lowest BCUT2D eigenvalue weighted by Crippen LogP contribution is -2.37. The summed E-state index contributed by atoms with van der Waals surface area (Å²) in [7, 11) is 0. The first kappa shape index (κ1) is 15.6. The summed E-state index contributed by atoms with van der Waals surface area (Å²) >= 11 is 0. The van der Waals surface area contributed by atoms with Gasteiger partial charge in [-0.15, -0.1) is 0 Å². The first-order valence-electron chi connectivity index (χ1n) is 7.88. The van der Waals surface area contributed by atoms with Gasteiger partial charge in [-0.05, 0) is 55.8 Å². The van der Waals surface area contributed by atoms with Crippen LogP contribution in [-0.2, 0) is 11.3 Å². The molecule has 1 N–H and O–H groups in total. The van der Waals surface area contributed by atoms with Crippen LogP contribution in [0.5, 0.6) is 0 Å². The molecule has 0 bridgehead atoms. The van der Waals surface area contributed by atoms with Gasteiger partial charge in [-0.1, -0.05) is 12.1 Å². The van der Waals surface area contributed by atoms with Crippen molar-refractivity contribution in [2.45, 2.75) is 19.4 Å². The fourth-order valence-corrected chi connectivity index (χ4v) is 2.88. The molecule has 2 aromatic rings. The molecule has 1 aromatic heterocycles. The lowest BCUT2D eigenvalue weighted by molar-refractivity contribution is -0.121. The Hall–Kier alpha value is -2.27. The zero-order chi connectivity index (χ0) is 16.1. The molecule has 3 rings (SSSR count). The molecule has 2 heterocycles. The fourth-order valence-electron chi connectivity index (χ4n) is 2.88. The summed E-state index contributed by atoms with van der Waals surface area (Å²) in [5, 5.41) is 2.92. The number of anilines is 1. The highest BCUT2D eigenvalue weighted by Crippen LogP contribution is 2.21. The predicted octanol–water partition coefficient (Wildman–Crippen LogP) is 3.07. The van der Waals surface area contributed by atoms with E-state index in [1.165, 1.54) is 12.1 Å². The van der Waals surface area contributed by atoms with Crippen molar-refractivity contribution in [2.75, 3.05) is 18.4 Å². The number of carbonyl (C=O) groups excluding carboxylic acids is 1. The first-order valence-corrected chi connectivity index (χ1v) is 7.88. The highest BCUT2D eigenvalue weighted by molar-refractivity contribution is 5.92. The zero-order valence-electron chi connectivity index (χ0n) is 12.9. The Morgan fingerprint density at radius 2 is 1.96 bits per heavy atom. The predicted molar refractivity (Wildman–Crippen MR) is 87.3 cm³/mol. The molecular weight excluding hydrogens is 293 g/mol. The SMILES string of the molecule is O=C(Nc1cccnc1)C1CCN(Cc2ccc(F)cc2)CC1. The molecule has 1 fully saturated rings. The van der Waals surface area contributed by atoms with E-state index in [4.69, 9.17) is 0 Å². The molecule has 1 amide bonds. The van der Waals surface area contributed by atoms with Crippen LogP contribution in [0.4, 0.5) is 10.1 Å². The number of carbonyl (C=O) groups is 1. The van der Waals surface area contributed by atoms with Gasteiger partial charge < -0.3 is 5.32 Å². The number of piperidine rings is 1. The first-order chi connectivity index (χ1) is 11.2. The molecule has 0 spiro atoms. The number of nitrogens with one attached hydrogen (secondary N) is 1. The Kier molecular flexibility index (Phi) is 4.98. The molecule has 1 aromatic carbocycles. The van der Waals surface area contributed by atoms with Crippen LogP contribution < -0.4 is 5.32 Å². The van der Waals surface area contributed by atoms with E-state index < -0.39 is 0 Å². The highest BCUT2D eigenvalue weighted by Gasteiger charge is 2.25. The van der Waals surface area contributed by atoms with Crippen molar-refractivity contribution >= 4 is 11.6 Å². The summed E-state index contributed by atoms with van der Waals surface area (Å²) in [4.78, 5) is 18.6. The number of likely N-dealkylation sites (tertiary alicyclic amines) is 1. The number of rotatable bonds is 4. The molecule has 0 radical (unpaired) electrons. The van der Waals surface area contributed by atoms with Crippen molar-refractivity contribution in [3.8, 4) is 0 Å². The lowest BCUT2D eigenvalue weighted by Gasteiger charge is -2.31. The van der Waals surface area contributed by atoms with Crippen LogP contribution >= 0.6 is 0 Å². The second-order valence-corrected chi connectivity index (χ2v) is 5.91. The third-order valence-corrected chi connectivity index (χ3v) is 4.21. The molecule has 1 aliphatic heterocycles. The summed E-state index contributed by atoms with van der Waals surface area (Å²) in [6, 6.07) is 10.3. The monoisotopic (exact) mass is 313 g/mol.